The van der Waals surface area contributed by atoms with Gasteiger partial charge in [-0.1, -0.05) is 6.08 Å². The molecule has 0 aliphatic carbocycles. The number of ether oxygens (including phenoxy) is 1. The monoisotopic (exact) mass is 241 g/mol. The highest BCUT2D eigenvalue weighted by Gasteiger charge is 2.29. The predicted molar refractivity (Wildman–Crippen MR) is 64.8 cm³/mol. The van der Waals surface area contributed by atoms with E-state index in [0.29, 0.717) is 6.73 Å². The highest BCUT2D eigenvalue weighted by atomic mass is 16.5. The molecule has 0 amide bonds. The van der Waals surface area contributed by atoms with Crippen molar-refractivity contribution in [2.45, 2.75) is 32.7 Å². The van der Waals surface area contributed by atoms with Crippen molar-refractivity contribution in [3.63, 3.8) is 0 Å². The molecule has 1 aliphatic heterocycles. The molecule has 96 valence electrons. The van der Waals surface area contributed by atoms with E-state index in [1.807, 2.05) is 6.92 Å². The molecular weight excluding hydrogens is 222 g/mol. The normalized spacial score (nSPS) is 31.5. The Labute approximate surface area is 101 Å². The molecule has 17 heavy (non-hydrogen) atoms. The average molecular weight is 241 g/mol. The molecule has 0 bridgehead atoms. The van der Waals surface area contributed by atoms with E-state index in [-0.39, 0.29) is 11.8 Å². The lowest BCUT2D eigenvalue weighted by molar-refractivity contribution is -0.129. The summed E-state index contributed by atoms with van der Waals surface area (Å²) in [4.78, 5) is 15.1. The highest BCUT2D eigenvalue weighted by molar-refractivity contribution is 6.40. The molecule has 6 heteroatoms. The first-order chi connectivity index (χ1) is 7.97. The number of aliphatic carboxylic acids is 1. The van der Waals surface area contributed by atoms with Gasteiger partial charge in [0, 0.05) is 19.5 Å². The highest BCUT2D eigenvalue weighted by Crippen LogP contribution is 2.12. The largest absolute Gasteiger partial charge is 0.477 e. The molecule has 1 unspecified atom stereocenters. The van der Waals surface area contributed by atoms with Crippen molar-refractivity contribution in [2.75, 3.05) is 13.3 Å². The Hall–Kier alpha value is -1.24. The Morgan fingerprint density at radius 3 is 2.94 bits per heavy atom. The van der Waals surface area contributed by atoms with Crippen molar-refractivity contribution in [3.8, 4) is 0 Å². The molecule has 0 aromatic carbocycles. The molecule has 6 nitrogen and oxygen atoms in total. The van der Waals surface area contributed by atoms with Crippen LogP contribution in [0, 0.1) is 0 Å². The van der Waals surface area contributed by atoms with Gasteiger partial charge in [-0.2, -0.15) is 0 Å². The summed E-state index contributed by atoms with van der Waals surface area (Å²) < 4.78 is 5.48. The fraction of sp³-hybridized carbons (Fsp3) is 0.636. The van der Waals surface area contributed by atoms with Crippen LogP contribution in [0.3, 0.4) is 0 Å². The van der Waals surface area contributed by atoms with Gasteiger partial charge >= 0.3 is 5.97 Å². The van der Waals surface area contributed by atoms with Crippen LogP contribution in [0.1, 0.15) is 20.8 Å². The van der Waals surface area contributed by atoms with Gasteiger partial charge in [0.05, 0.1) is 0 Å². The summed E-state index contributed by atoms with van der Waals surface area (Å²) in [6.07, 6.45) is 3.08. The Balaban J connectivity index is 2.93. The number of hydrogen-bond donors (Lipinski definition) is 3. The number of carboxylic acid groups (broad SMARTS) is 1. The van der Waals surface area contributed by atoms with E-state index in [0.717, 1.165) is 6.54 Å². The van der Waals surface area contributed by atoms with Crippen LogP contribution >= 0.6 is 0 Å². The second-order valence-electron chi connectivity index (χ2n) is 4.07. The third kappa shape index (κ3) is 4.26. The number of rotatable bonds is 3. The molecule has 0 saturated carbocycles. The molecule has 1 rings (SSSR count). The fourth-order valence-electron chi connectivity index (χ4n) is 1.63. The van der Waals surface area contributed by atoms with Crippen LogP contribution in [0.5, 0.6) is 0 Å². The minimum atomic E-state index is -1.07. The molecule has 0 aromatic rings. The lowest BCUT2D eigenvalue weighted by atomic mass is 10.3. The van der Waals surface area contributed by atoms with Crippen molar-refractivity contribution in [2.24, 2.45) is 4.99 Å². The smallest absolute Gasteiger partial charge is 0.354 e. The van der Waals surface area contributed by atoms with E-state index < -0.39 is 11.8 Å². The summed E-state index contributed by atoms with van der Waals surface area (Å²) in [5.74, 6) is -2.09. The minimum absolute atomic E-state index is 0.0309. The third-order valence-corrected chi connectivity index (χ3v) is 2.30. The first kappa shape index (κ1) is 13.8. The van der Waals surface area contributed by atoms with E-state index in [2.05, 4.69) is 15.6 Å². The molecule has 1 aliphatic rings. The van der Waals surface area contributed by atoms with Gasteiger partial charge in [0.2, 0.25) is 5.85 Å². The van der Waals surface area contributed by atoms with Crippen LogP contribution in [0.2, 0.25) is 0 Å². The zero-order valence-corrected chi connectivity index (χ0v) is 10.4. The maximum absolute atomic E-state index is 11.0. The summed E-state index contributed by atoms with van der Waals surface area (Å²) >= 11 is 0. The van der Waals surface area contributed by atoms with Gasteiger partial charge < -0.3 is 9.84 Å². The van der Waals surface area contributed by atoms with E-state index in [1.165, 1.54) is 6.08 Å². The van der Waals surface area contributed by atoms with Crippen LogP contribution in [-0.2, 0) is 9.53 Å². The lowest BCUT2D eigenvalue weighted by Crippen LogP contribution is -2.48. The van der Waals surface area contributed by atoms with Gasteiger partial charge in [0.15, 0.2) is 0 Å². The molecule has 0 aromatic heterocycles. The number of aliphatic imine (C=N–C) groups is 1. The number of hydrogen-bond acceptors (Lipinski definition) is 5. The van der Waals surface area contributed by atoms with E-state index >= 15 is 0 Å². The van der Waals surface area contributed by atoms with Gasteiger partial charge in [-0.15, -0.1) is 0 Å². The van der Waals surface area contributed by atoms with Crippen molar-refractivity contribution in [1.29, 1.82) is 0 Å². The third-order valence-electron chi connectivity index (χ3n) is 2.30. The Morgan fingerprint density at radius 1 is 1.65 bits per heavy atom. The van der Waals surface area contributed by atoms with Crippen LogP contribution in [0.4, 0.5) is 0 Å². The number of carboxylic acids is 1. The van der Waals surface area contributed by atoms with Gasteiger partial charge in [0.25, 0.3) is 0 Å². The van der Waals surface area contributed by atoms with Crippen molar-refractivity contribution in [1.82, 2.24) is 10.6 Å². The van der Waals surface area contributed by atoms with Gasteiger partial charge in [-0.05, 0) is 19.9 Å². The van der Waals surface area contributed by atoms with Crippen LogP contribution in [-0.4, -0.2) is 42.0 Å². The second-order valence-corrected chi connectivity index (χ2v) is 4.07. The lowest BCUT2D eigenvalue weighted by Gasteiger charge is -2.26. The summed E-state index contributed by atoms with van der Waals surface area (Å²) in [5, 5.41) is 15.2. The average Bonchev–Trinajstić information content (AvgIpc) is 2.39. The first-order valence-electron chi connectivity index (χ1n) is 5.55. The Kier molecular flexibility index (Phi) is 4.80. The van der Waals surface area contributed by atoms with Gasteiger partial charge in [-0.25, -0.2) is 9.79 Å². The number of allylic oxidation sites excluding steroid dienone is 1. The first-order valence-corrected chi connectivity index (χ1v) is 5.55. The quantitative estimate of drug-likeness (QED) is 0.620. The van der Waals surface area contributed by atoms with Crippen LogP contribution in [0.15, 0.2) is 17.1 Å². The number of nitrogens with zero attached hydrogens (tertiary/aromatic N) is 1. The minimum Gasteiger partial charge on any atom is -0.477 e. The Morgan fingerprint density at radius 2 is 2.35 bits per heavy atom. The van der Waals surface area contributed by atoms with Crippen LogP contribution < -0.4 is 10.6 Å². The molecule has 2 atom stereocenters. The maximum Gasteiger partial charge on any atom is 0.354 e. The molecule has 1 saturated heterocycles. The summed E-state index contributed by atoms with van der Waals surface area (Å²) in [6, 6.07) is 0.145. The molecular formula is C11H19N3O3. The fourth-order valence-corrected chi connectivity index (χ4v) is 1.63. The van der Waals surface area contributed by atoms with Crippen molar-refractivity contribution < 1.29 is 14.6 Å². The molecule has 3 N–H and O–H groups in total. The summed E-state index contributed by atoms with van der Waals surface area (Å²) in [5.41, 5.74) is -0.0309. The predicted octanol–water partition coefficient (Wildman–Crippen LogP) is 0.317. The van der Waals surface area contributed by atoms with Crippen molar-refractivity contribution in [3.05, 3.63) is 12.2 Å². The number of carbonyl (C=O) groups is 1. The topological polar surface area (TPSA) is 83.0 Å². The molecule has 1 heterocycles. The second kappa shape index (κ2) is 5.90. The van der Waals surface area contributed by atoms with Gasteiger partial charge in [0.1, 0.15) is 12.4 Å². The van der Waals surface area contributed by atoms with E-state index in [9.17, 15) is 4.79 Å². The Bertz CT molecular complexity index is 341. The van der Waals surface area contributed by atoms with E-state index in [4.69, 9.17) is 9.84 Å². The standard InChI is InChI=1S/C11H19N3O3/c1-4-5-9(10(15)16)14-11(3)13-8(2)6-12-7-17-11/h4-5,8,12-13H,6-7H2,1-3H3,(H,15,16)/b5-4-,14-9+/t8-,11?/m1/s1. The molecule has 1 fully saturated rings. The number of nitrogens with one attached hydrogen (secondary N) is 2. The van der Waals surface area contributed by atoms with Crippen LogP contribution in [0.25, 0.3) is 0 Å². The zero-order valence-electron chi connectivity index (χ0n) is 10.4. The summed E-state index contributed by atoms with van der Waals surface area (Å²) in [6.45, 7) is 6.51. The molecule has 0 radical (unpaired) electrons. The van der Waals surface area contributed by atoms with Crippen molar-refractivity contribution >= 4 is 11.7 Å². The van der Waals surface area contributed by atoms with Gasteiger partial charge in [-0.3, -0.25) is 10.6 Å². The zero-order chi connectivity index (χ0) is 12.9. The summed E-state index contributed by atoms with van der Waals surface area (Å²) in [7, 11) is 0. The van der Waals surface area contributed by atoms with E-state index in [1.54, 1.807) is 19.9 Å². The SMILES string of the molecule is C/C=C\C(=N/C1(C)N[C@H](C)CNCO1)C(=O)O. The maximum atomic E-state index is 11.0. The molecule has 0 spiro atoms.